The molecular weight excluding hydrogens is 324 g/mol. The zero-order valence-corrected chi connectivity index (χ0v) is 16.3. The molecule has 0 spiro atoms. The molecule has 0 bridgehead atoms. The van der Waals surface area contributed by atoms with Crippen LogP contribution in [0.1, 0.15) is 103 Å². The molecule has 0 aliphatic carbocycles. The third kappa shape index (κ3) is 16.6. The van der Waals surface area contributed by atoms with Gasteiger partial charge in [0.2, 0.25) is 0 Å². The predicted molar refractivity (Wildman–Crippen MR) is 99.5 cm³/mol. The number of ether oxygens (including phenoxy) is 1. The van der Waals surface area contributed by atoms with Crippen LogP contribution in [-0.2, 0) is 4.74 Å². The predicted octanol–water partition coefficient (Wildman–Crippen LogP) is 7.27. The van der Waals surface area contributed by atoms with Gasteiger partial charge in [0.15, 0.2) is 0 Å². The summed E-state index contributed by atoms with van der Waals surface area (Å²) in [6, 6.07) is 0. The number of methoxy groups -OCH3 is 1. The molecular formula is C19H39BrO. The maximum absolute atomic E-state index is 5.37. The highest BCUT2D eigenvalue weighted by Gasteiger charge is 2.03. The molecule has 1 unspecified atom stereocenters. The van der Waals surface area contributed by atoms with Gasteiger partial charge in [-0.25, -0.2) is 0 Å². The average molecular weight is 363 g/mol. The lowest BCUT2D eigenvalue weighted by Crippen LogP contribution is -2.11. The SMILES string of the molecule is CCCCCCCCCCCCCCCCC(CBr)OC. The van der Waals surface area contributed by atoms with Crippen molar-refractivity contribution >= 4 is 15.9 Å². The average Bonchev–Trinajstić information content (AvgIpc) is 2.51. The van der Waals surface area contributed by atoms with Crippen LogP contribution in [-0.4, -0.2) is 18.5 Å². The van der Waals surface area contributed by atoms with E-state index in [4.69, 9.17) is 4.74 Å². The van der Waals surface area contributed by atoms with Crippen molar-refractivity contribution in [2.45, 2.75) is 109 Å². The lowest BCUT2D eigenvalue weighted by Gasteiger charge is -2.11. The first-order valence-electron chi connectivity index (χ1n) is 9.43. The number of hydrogen-bond donors (Lipinski definition) is 0. The number of halogens is 1. The van der Waals surface area contributed by atoms with Crippen molar-refractivity contribution in [1.29, 1.82) is 0 Å². The van der Waals surface area contributed by atoms with Gasteiger partial charge in [-0.3, -0.25) is 0 Å². The van der Waals surface area contributed by atoms with Crippen LogP contribution in [0.4, 0.5) is 0 Å². The first-order chi connectivity index (χ1) is 10.3. The minimum absolute atomic E-state index is 0.419. The number of alkyl halides is 1. The third-order valence-corrected chi connectivity index (χ3v) is 5.11. The minimum Gasteiger partial charge on any atom is -0.381 e. The molecule has 0 aromatic rings. The van der Waals surface area contributed by atoms with E-state index in [0.29, 0.717) is 6.10 Å². The van der Waals surface area contributed by atoms with E-state index in [1.165, 1.54) is 96.3 Å². The van der Waals surface area contributed by atoms with E-state index in [1.54, 1.807) is 0 Å². The summed E-state index contributed by atoms with van der Waals surface area (Å²) in [4.78, 5) is 0. The van der Waals surface area contributed by atoms with E-state index < -0.39 is 0 Å². The maximum atomic E-state index is 5.37. The minimum atomic E-state index is 0.419. The molecule has 0 saturated heterocycles. The van der Waals surface area contributed by atoms with Crippen molar-refractivity contribution in [2.75, 3.05) is 12.4 Å². The van der Waals surface area contributed by atoms with Crippen molar-refractivity contribution in [3.63, 3.8) is 0 Å². The van der Waals surface area contributed by atoms with Gasteiger partial charge in [0.05, 0.1) is 6.10 Å². The Bertz CT molecular complexity index is 180. The second-order valence-corrected chi connectivity index (χ2v) is 7.04. The van der Waals surface area contributed by atoms with Gasteiger partial charge in [0.25, 0.3) is 0 Å². The van der Waals surface area contributed by atoms with Gasteiger partial charge >= 0.3 is 0 Å². The normalized spacial score (nSPS) is 12.7. The highest BCUT2D eigenvalue weighted by molar-refractivity contribution is 9.09. The summed E-state index contributed by atoms with van der Waals surface area (Å²) in [7, 11) is 1.82. The van der Waals surface area contributed by atoms with Crippen LogP contribution in [0.3, 0.4) is 0 Å². The largest absolute Gasteiger partial charge is 0.381 e. The first kappa shape index (κ1) is 21.4. The van der Waals surface area contributed by atoms with Crippen LogP contribution in [0, 0.1) is 0 Å². The van der Waals surface area contributed by atoms with Gasteiger partial charge in [0.1, 0.15) is 0 Å². The van der Waals surface area contributed by atoms with Crippen molar-refractivity contribution in [3.8, 4) is 0 Å². The van der Waals surface area contributed by atoms with E-state index >= 15 is 0 Å². The van der Waals surface area contributed by atoms with Gasteiger partial charge in [-0.1, -0.05) is 113 Å². The molecule has 0 aliphatic heterocycles. The fourth-order valence-electron chi connectivity index (χ4n) is 2.82. The molecule has 0 aromatic heterocycles. The maximum Gasteiger partial charge on any atom is 0.0668 e. The Morgan fingerprint density at radius 1 is 0.667 bits per heavy atom. The lowest BCUT2D eigenvalue weighted by molar-refractivity contribution is 0.113. The molecule has 128 valence electrons. The van der Waals surface area contributed by atoms with Crippen molar-refractivity contribution in [3.05, 3.63) is 0 Å². The summed E-state index contributed by atoms with van der Waals surface area (Å²) < 4.78 is 5.37. The van der Waals surface area contributed by atoms with Crippen LogP contribution in [0.5, 0.6) is 0 Å². The Labute approximate surface area is 142 Å². The molecule has 2 heteroatoms. The van der Waals surface area contributed by atoms with Crippen LogP contribution in [0.2, 0.25) is 0 Å². The summed E-state index contributed by atoms with van der Waals surface area (Å²) in [6.45, 7) is 2.29. The third-order valence-electron chi connectivity index (χ3n) is 4.39. The van der Waals surface area contributed by atoms with E-state index in [2.05, 4.69) is 22.9 Å². The monoisotopic (exact) mass is 362 g/mol. The van der Waals surface area contributed by atoms with Crippen LogP contribution in [0.15, 0.2) is 0 Å². The number of rotatable bonds is 17. The fourth-order valence-corrected chi connectivity index (χ4v) is 3.41. The lowest BCUT2D eigenvalue weighted by atomic mass is 10.0. The fraction of sp³-hybridized carbons (Fsp3) is 1.00. The molecule has 1 nitrogen and oxygen atoms in total. The molecule has 0 amide bonds. The zero-order valence-electron chi connectivity index (χ0n) is 14.7. The highest BCUT2D eigenvalue weighted by atomic mass is 79.9. The summed E-state index contributed by atoms with van der Waals surface area (Å²) in [5.41, 5.74) is 0. The van der Waals surface area contributed by atoms with Crippen LogP contribution in [0.25, 0.3) is 0 Å². The first-order valence-corrected chi connectivity index (χ1v) is 10.6. The molecule has 0 heterocycles. The Hall–Kier alpha value is 0.440. The Kier molecular flexibility index (Phi) is 18.9. The second kappa shape index (κ2) is 18.5. The number of hydrogen-bond acceptors (Lipinski definition) is 1. The Morgan fingerprint density at radius 3 is 1.38 bits per heavy atom. The molecule has 0 aliphatic rings. The molecule has 1 atom stereocenters. The molecule has 0 N–H and O–H groups in total. The molecule has 0 saturated carbocycles. The van der Waals surface area contributed by atoms with Gasteiger partial charge in [-0.15, -0.1) is 0 Å². The molecule has 21 heavy (non-hydrogen) atoms. The van der Waals surface area contributed by atoms with Crippen molar-refractivity contribution in [2.24, 2.45) is 0 Å². The summed E-state index contributed by atoms with van der Waals surface area (Å²) in [5.74, 6) is 0. The molecule has 0 aromatic carbocycles. The summed E-state index contributed by atoms with van der Waals surface area (Å²) in [6.07, 6.45) is 21.6. The van der Waals surface area contributed by atoms with E-state index in [9.17, 15) is 0 Å². The van der Waals surface area contributed by atoms with Crippen LogP contribution >= 0.6 is 15.9 Å². The molecule has 0 rings (SSSR count). The molecule has 0 fully saturated rings. The molecule has 0 radical (unpaired) electrons. The van der Waals surface area contributed by atoms with E-state index in [-0.39, 0.29) is 0 Å². The van der Waals surface area contributed by atoms with E-state index in [0.717, 1.165) is 5.33 Å². The van der Waals surface area contributed by atoms with Gasteiger partial charge in [-0.2, -0.15) is 0 Å². The smallest absolute Gasteiger partial charge is 0.0668 e. The summed E-state index contributed by atoms with van der Waals surface area (Å²) >= 11 is 3.49. The topological polar surface area (TPSA) is 9.23 Å². The zero-order chi connectivity index (χ0) is 15.6. The van der Waals surface area contributed by atoms with E-state index in [1.807, 2.05) is 7.11 Å². The number of unbranched alkanes of at least 4 members (excludes halogenated alkanes) is 13. The highest BCUT2D eigenvalue weighted by Crippen LogP contribution is 2.14. The van der Waals surface area contributed by atoms with Gasteiger partial charge in [0, 0.05) is 12.4 Å². The second-order valence-electron chi connectivity index (χ2n) is 6.40. The van der Waals surface area contributed by atoms with Gasteiger partial charge < -0.3 is 4.74 Å². The van der Waals surface area contributed by atoms with Crippen LogP contribution < -0.4 is 0 Å². The van der Waals surface area contributed by atoms with Crippen molar-refractivity contribution < 1.29 is 4.74 Å². The standard InChI is InChI=1S/C19H39BrO/c1-3-4-5-6-7-8-9-10-11-12-13-14-15-16-17-19(18-20)21-2/h19H,3-18H2,1-2H3. The Balaban J connectivity index is 3.02. The summed E-state index contributed by atoms with van der Waals surface area (Å²) in [5, 5.41) is 0.974. The Morgan fingerprint density at radius 2 is 1.05 bits per heavy atom. The van der Waals surface area contributed by atoms with Gasteiger partial charge in [-0.05, 0) is 6.42 Å². The van der Waals surface area contributed by atoms with Crippen molar-refractivity contribution in [1.82, 2.24) is 0 Å². The quantitative estimate of drug-likeness (QED) is 0.195.